The first-order valence-electron chi connectivity index (χ1n) is 6.40. The predicted molar refractivity (Wildman–Crippen MR) is 73.2 cm³/mol. The van der Waals surface area contributed by atoms with Crippen molar-refractivity contribution in [1.29, 1.82) is 0 Å². The summed E-state index contributed by atoms with van der Waals surface area (Å²) in [5, 5.41) is 0. The lowest BCUT2D eigenvalue weighted by Crippen LogP contribution is -2.55. The van der Waals surface area contributed by atoms with Gasteiger partial charge in [0.15, 0.2) is 0 Å². The lowest BCUT2D eigenvalue weighted by molar-refractivity contribution is 0.138. The van der Waals surface area contributed by atoms with Gasteiger partial charge in [0.05, 0.1) is 24.4 Å². The van der Waals surface area contributed by atoms with Crippen LogP contribution in [0.3, 0.4) is 0 Å². The Morgan fingerprint density at radius 1 is 1.44 bits per heavy atom. The van der Waals surface area contributed by atoms with Crippen LogP contribution in [0.4, 0.5) is 5.69 Å². The van der Waals surface area contributed by atoms with Crippen molar-refractivity contribution in [2.45, 2.75) is 18.9 Å². The minimum Gasteiger partial charge on any atom is -0.491 e. The predicted octanol–water partition coefficient (Wildman–Crippen LogP) is 1.64. The number of ether oxygens (including phenoxy) is 2. The molecule has 1 aliphatic rings. The van der Waals surface area contributed by atoms with Crippen molar-refractivity contribution < 1.29 is 9.47 Å². The van der Waals surface area contributed by atoms with Crippen LogP contribution in [0, 0.1) is 0 Å². The number of hydrogen-bond acceptors (Lipinski definition) is 4. The van der Waals surface area contributed by atoms with E-state index < -0.39 is 0 Å². The molecular weight excluding hydrogens is 228 g/mol. The number of benzene rings is 1. The minimum atomic E-state index is -0.196. The van der Waals surface area contributed by atoms with Gasteiger partial charge in [0.25, 0.3) is 0 Å². The third-order valence-corrected chi connectivity index (χ3v) is 3.49. The molecule has 0 aromatic heterocycles. The summed E-state index contributed by atoms with van der Waals surface area (Å²) in [6, 6.07) is 8.13. The van der Waals surface area contributed by atoms with Gasteiger partial charge in [0.2, 0.25) is 0 Å². The summed E-state index contributed by atoms with van der Waals surface area (Å²) in [5.41, 5.74) is 6.88. The molecule has 1 heterocycles. The molecule has 0 bridgehead atoms. The Kier molecular flexibility index (Phi) is 4.09. The Morgan fingerprint density at radius 3 is 2.94 bits per heavy atom. The first kappa shape index (κ1) is 13.2. The zero-order valence-corrected chi connectivity index (χ0v) is 11.2. The highest BCUT2D eigenvalue weighted by atomic mass is 16.5. The smallest absolute Gasteiger partial charge is 0.142 e. The molecule has 0 fully saturated rings. The van der Waals surface area contributed by atoms with Gasteiger partial charge in [0, 0.05) is 20.2 Å². The van der Waals surface area contributed by atoms with Gasteiger partial charge in [0.1, 0.15) is 5.75 Å². The summed E-state index contributed by atoms with van der Waals surface area (Å²) in [6.07, 6.45) is 0.994. The number of fused-ring (bicyclic) bond motifs is 1. The zero-order valence-electron chi connectivity index (χ0n) is 11.2. The Balaban J connectivity index is 2.37. The van der Waals surface area contributed by atoms with Gasteiger partial charge in [-0.2, -0.15) is 0 Å². The Morgan fingerprint density at radius 2 is 2.22 bits per heavy atom. The van der Waals surface area contributed by atoms with Crippen molar-refractivity contribution in [3.05, 3.63) is 24.3 Å². The molecular formula is C14H22N2O2. The molecule has 4 heteroatoms. The molecule has 2 rings (SSSR count). The van der Waals surface area contributed by atoms with Crippen LogP contribution in [0.1, 0.15) is 13.3 Å². The summed E-state index contributed by atoms with van der Waals surface area (Å²) in [6.45, 7) is 4.99. The fraction of sp³-hybridized carbons (Fsp3) is 0.571. The Bertz CT molecular complexity index is 397. The van der Waals surface area contributed by atoms with Crippen molar-refractivity contribution >= 4 is 5.69 Å². The van der Waals surface area contributed by atoms with Gasteiger partial charge >= 0.3 is 0 Å². The van der Waals surface area contributed by atoms with E-state index in [9.17, 15) is 0 Å². The number of rotatable bonds is 4. The molecule has 0 saturated carbocycles. The van der Waals surface area contributed by atoms with Crippen LogP contribution >= 0.6 is 0 Å². The number of para-hydroxylation sites is 2. The molecule has 0 radical (unpaired) electrons. The second-order valence-corrected chi connectivity index (χ2v) is 4.96. The molecule has 0 aliphatic carbocycles. The summed E-state index contributed by atoms with van der Waals surface area (Å²) < 4.78 is 11.1. The maximum atomic E-state index is 5.97. The second kappa shape index (κ2) is 5.59. The quantitative estimate of drug-likeness (QED) is 0.882. The van der Waals surface area contributed by atoms with Crippen molar-refractivity contribution in [3.8, 4) is 5.75 Å². The van der Waals surface area contributed by atoms with E-state index in [0.717, 1.165) is 31.0 Å². The fourth-order valence-corrected chi connectivity index (χ4v) is 2.45. The molecule has 0 saturated heterocycles. The molecule has 1 aromatic carbocycles. The van der Waals surface area contributed by atoms with Crippen LogP contribution in [0.2, 0.25) is 0 Å². The molecule has 1 aromatic rings. The van der Waals surface area contributed by atoms with Crippen LogP contribution in [0.15, 0.2) is 24.3 Å². The molecule has 0 spiro atoms. The van der Waals surface area contributed by atoms with Crippen molar-refractivity contribution in [3.63, 3.8) is 0 Å². The van der Waals surface area contributed by atoms with Crippen LogP contribution in [-0.4, -0.2) is 39.0 Å². The molecule has 100 valence electrons. The topological polar surface area (TPSA) is 47.7 Å². The lowest BCUT2D eigenvalue weighted by Gasteiger charge is -2.41. The number of anilines is 1. The minimum absolute atomic E-state index is 0.196. The van der Waals surface area contributed by atoms with E-state index in [0.29, 0.717) is 13.2 Å². The summed E-state index contributed by atoms with van der Waals surface area (Å²) in [7, 11) is 1.72. The standard InChI is InChI=1S/C14H22N2O2/c1-14(10-15,11-17-2)16-8-5-9-18-13-7-4-3-6-12(13)16/h3-4,6-7H,5,8-11,15H2,1-2H3. The van der Waals surface area contributed by atoms with Gasteiger partial charge in [-0.25, -0.2) is 0 Å². The third kappa shape index (κ3) is 2.44. The molecule has 4 nitrogen and oxygen atoms in total. The molecule has 18 heavy (non-hydrogen) atoms. The largest absolute Gasteiger partial charge is 0.491 e. The van der Waals surface area contributed by atoms with Crippen LogP contribution < -0.4 is 15.4 Å². The van der Waals surface area contributed by atoms with Gasteiger partial charge in [-0.1, -0.05) is 12.1 Å². The van der Waals surface area contributed by atoms with E-state index in [1.807, 2.05) is 18.2 Å². The maximum Gasteiger partial charge on any atom is 0.142 e. The van der Waals surface area contributed by atoms with Gasteiger partial charge in [-0.3, -0.25) is 0 Å². The summed E-state index contributed by atoms with van der Waals surface area (Å²) in [5.74, 6) is 0.936. The van der Waals surface area contributed by atoms with Crippen LogP contribution in [0.5, 0.6) is 5.75 Å². The number of methoxy groups -OCH3 is 1. The molecule has 1 aliphatic heterocycles. The van der Waals surface area contributed by atoms with Crippen molar-refractivity contribution in [1.82, 2.24) is 0 Å². The fourth-order valence-electron chi connectivity index (χ4n) is 2.45. The highest BCUT2D eigenvalue weighted by Gasteiger charge is 2.33. The van der Waals surface area contributed by atoms with Gasteiger partial charge < -0.3 is 20.1 Å². The average molecular weight is 250 g/mol. The maximum absolute atomic E-state index is 5.97. The summed E-state index contributed by atoms with van der Waals surface area (Å²) in [4.78, 5) is 2.32. The van der Waals surface area contributed by atoms with E-state index in [4.69, 9.17) is 15.2 Å². The SMILES string of the molecule is COCC(C)(CN)N1CCCOc2ccccc21. The van der Waals surface area contributed by atoms with Crippen LogP contribution in [0.25, 0.3) is 0 Å². The Labute approximate surface area is 109 Å². The number of nitrogens with zero attached hydrogens (tertiary/aromatic N) is 1. The molecule has 0 amide bonds. The highest BCUT2D eigenvalue weighted by molar-refractivity contribution is 5.60. The Hall–Kier alpha value is -1.26. The van der Waals surface area contributed by atoms with E-state index in [-0.39, 0.29) is 5.54 Å². The normalized spacial score (nSPS) is 18.5. The lowest BCUT2D eigenvalue weighted by atomic mass is 9.99. The molecule has 1 atom stereocenters. The first-order valence-corrected chi connectivity index (χ1v) is 6.40. The van der Waals surface area contributed by atoms with E-state index in [1.165, 1.54) is 0 Å². The van der Waals surface area contributed by atoms with E-state index in [1.54, 1.807) is 7.11 Å². The summed E-state index contributed by atoms with van der Waals surface area (Å²) >= 11 is 0. The van der Waals surface area contributed by atoms with Crippen LogP contribution in [-0.2, 0) is 4.74 Å². The second-order valence-electron chi connectivity index (χ2n) is 4.96. The molecule has 2 N–H and O–H groups in total. The number of hydrogen-bond donors (Lipinski definition) is 1. The van der Waals surface area contributed by atoms with Gasteiger partial charge in [-0.05, 0) is 25.5 Å². The zero-order chi connectivity index (χ0) is 13.0. The monoisotopic (exact) mass is 250 g/mol. The van der Waals surface area contributed by atoms with E-state index in [2.05, 4.69) is 17.9 Å². The van der Waals surface area contributed by atoms with E-state index >= 15 is 0 Å². The van der Waals surface area contributed by atoms with Gasteiger partial charge in [-0.15, -0.1) is 0 Å². The third-order valence-electron chi connectivity index (χ3n) is 3.49. The van der Waals surface area contributed by atoms with Crippen molar-refractivity contribution in [2.24, 2.45) is 5.73 Å². The average Bonchev–Trinajstić information content (AvgIpc) is 2.61. The number of nitrogens with two attached hydrogens (primary N) is 1. The molecule has 1 unspecified atom stereocenters. The highest BCUT2D eigenvalue weighted by Crippen LogP contribution is 2.34. The first-order chi connectivity index (χ1) is 8.71. The van der Waals surface area contributed by atoms with Crippen molar-refractivity contribution in [2.75, 3.05) is 38.3 Å².